The normalized spacial score (nSPS) is 21.5. The molecule has 30 heavy (non-hydrogen) atoms. The van der Waals surface area contributed by atoms with Crippen LogP contribution in [-0.2, 0) is 4.79 Å². The highest BCUT2D eigenvalue weighted by Crippen LogP contribution is 2.34. The van der Waals surface area contributed by atoms with E-state index in [0.29, 0.717) is 5.82 Å². The molecule has 7 nitrogen and oxygen atoms in total. The first-order valence-electron chi connectivity index (χ1n) is 10.7. The molecule has 7 heteroatoms. The van der Waals surface area contributed by atoms with Gasteiger partial charge in [0.1, 0.15) is 5.75 Å². The van der Waals surface area contributed by atoms with Crippen LogP contribution in [0.15, 0.2) is 36.7 Å². The summed E-state index contributed by atoms with van der Waals surface area (Å²) in [6, 6.07) is 7.97. The summed E-state index contributed by atoms with van der Waals surface area (Å²) in [5.41, 5.74) is 3.82. The summed E-state index contributed by atoms with van der Waals surface area (Å²) in [7, 11) is 0. The molecule has 0 radical (unpaired) electrons. The number of aliphatic hydroxyl groups is 1. The summed E-state index contributed by atoms with van der Waals surface area (Å²) < 4.78 is 8.06. The third kappa shape index (κ3) is 4.03. The van der Waals surface area contributed by atoms with E-state index >= 15 is 0 Å². The quantitative estimate of drug-likeness (QED) is 0.674. The standard InChI is InChI=1S/C23H26N4O3/c1-14-10-20(21(13-24-14)30-19-6-4-18(28)5-7-19)16-8-9-27-17(11-16)12-22(26-27)25-23(29)15-2-3-15/h8-13,15,18-19,28H,2-7H2,1H3,(H,25,26,29)/t18-,19-. The Hall–Kier alpha value is -2.93. The number of carbonyl (C=O) groups is 1. The molecule has 3 aromatic heterocycles. The van der Waals surface area contributed by atoms with E-state index in [4.69, 9.17) is 4.74 Å². The van der Waals surface area contributed by atoms with Gasteiger partial charge in [0.05, 0.1) is 23.9 Å². The molecule has 0 bridgehead atoms. The van der Waals surface area contributed by atoms with Gasteiger partial charge in [0.2, 0.25) is 5.91 Å². The minimum absolute atomic E-state index is 0.0525. The first-order chi connectivity index (χ1) is 14.5. The molecule has 2 aliphatic rings. The highest BCUT2D eigenvalue weighted by atomic mass is 16.5. The van der Waals surface area contributed by atoms with Crippen LogP contribution in [0.25, 0.3) is 16.6 Å². The average molecular weight is 406 g/mol. The smallest absolute Gasteiger partial charge is 0.228 e. The number of nitrogens with one attached hydrogen (secondary N) is 1. The molecule has 3 aromatic rings. The van der Waals surface area contributed by atoms with Crippen molar-refractivity contribution in [2.45, 2.75) is 57.7 Å². The lowest BCUT2D eigenvalue weighted by Crippen LogP contribution is -2.26. The van der Waals surface area contributed by atoms with E-state index in [2.05, 4.69) is 15.4 Å². The van der Waals surface area contributed by atoms with Crippen LogP contribution in [0.4, 0.5) is 5.82 Å². The van der Waals surface area contributed by atoms with Gasteiger partial charge in [-0.1, -0.05) is 0 Å². The predicted octanol–water partition coefficient (Wildman–Crippen LogP) is 3.74. The Morgan fingerprint density at radius 1 is 1.17 bits per heavy atom. The monoisotopic (exact) mass is 406 g/mol. The van der Waals surface area contributed by atoms with Crippen LogP contribution in [0.1, 0.15) is 44.2 Å². The van der Waals surface area contributed by atoms with Gasteiger partial charge in [-0.15, -0.1) is 0 Å². The molecule has 1 amide bonds. The topological polar surface area (TPSA) is 88.8 Å². The summed E-state index contributed by atoms with van der Waals surface area (Å²) in [5, 5.41) is 17.1. The zero-order valence-electron chi connectivity index (χ0n) is 17.0. The van der Waals surface area contributed by atoms with Crippen LogP contribution in [-0.4, -0.2) is 37.8 Å². The van der Waals surface area contributed by atoms with E-state index in [0.717, 1.165) is 66.6 Å². The molecule has 0 saturated heterocycles. The molecule has 2 fully saturated rings. The molecule has 2 N–H and O–H groups in total. The lowest BCUT2D eigenvalue weighted by atomic mass is 9.95. The summed E-state index contributed by atoms with van der Waals surface area (Å²) >= 11 is 0. The van der Waals surface area contributed by atoms with E-state index in [9.17, 15) is 9.90 Å². The van der Waals surface area contributed by atoms with Crippen molar-refractivity contribution >= 4 is 17.2 Å². The van der Waals surface area contributed by atoms with Crippen molar-refractivity contribution in [3.8, 4) is 16.9 Å². The van der Waals surface area contributed by atoms with Crippen molar-refractivity contribution in [2.24, 2.45) is 5.92 Å². The third-order valence-electron chi connectivity index (χ3n) is 5.92. The number of hydrogen-bond acceptors (Lipinski definition) is 5. The van der Waals surface area contributed by atoms with Gasteiger partial charge in [-0.25, -0.2) is 4.52 Å². The van der Waals surface area contributed by atoms with Crippen LogP contribution in [0.3, 0.4) is 0 Å². The van der Waals surface area contributed by atoms with Crippen molar-refractivity contribution in [2.75, 3.05) is 5.32 Å². The largest absolute Gasteiger partial charge is 0.488 e. The molecule has 0 atom stereocenters. The van der Waals surface area contributed by atoms with E-state index in [1.54, 1.807) is 10.7 Å². The minimum atomic E-state index is -0.209. The van der Waals surface area contributed by atoms with Crippen LogP contribution >= 0.6 is 0 Å². The number of nitrogens with zero attached hydrogens (tertiary/aromatic N) is 3. The number of hydrogen-bond donors (Lipinski definition) is 2. The van der Waals surface area contributed by atoms with Crippen LogP contribution < -0.4 is 10.1 Å². The number of aliphatic hydroxyl groups excluding tert-OH is 1. The van der Waals surface area contributed by atoms with Gasteiger partial charge < -0.3 is 15.2 Å². The van der Waals surface area contributed by atoms with Crippen LogP contribution in [0.2, 0.25) is 0 Å². The Morgan fingerprint density at radius 2 is 1.97 bits per heavy atom. The highest BCUT2D eigenvalue weighted by Gasteiger charge is 2.30. The highest BCUT2D eigenvalue weighted by molar-refractivity contribution is 5.93. The van der Waals surface area contributed by atoms with Crippen molar-refractivity contribution in [1.82, 2.24) is 14.6 Å². The molecular weight excluding hydrogens is 380 g/mol. The van der Waals surface area contributed by atoms with Gasteiger partial charge >= 0.3 is 0 Å². The Kier molecular flexibility index (Phi) is 4.90. The van der Waals surface area contributed by atoms with Gasteiger partial charge in [-0.05, 0) is 69.2 Å². The molecule has 156 valence electrons. The van der Waals surface area contributed by atoms with E-state index in [1.165, 1.54) is 0 Å². The zero-order chi connectivity index (χ0) is 20.7. The van der Waals surface area contributed by atoms with E-state index < -0.39 is 0 Å². The van der Waals surface area contributed by atoms with Crippen molar-refractivity contribution < 1.29 is 14.6 Å². The summed E-state index contributed by atoms with van der Waals surface area (Å²) in [6.07, 6.45) is 8.75. The van der Waals surface area contributed by atoms with Crippen molar-refractivity contribution in [3.63, 3.8) is 0 Å². The molecule has 0 unspecified atom stereocenters. The molecule has 2 saturated carbocycles. The fourth-order valence-electron chi connectivity index (χ4n) is 4.01. The molecule has 0 aromatic carbocycles. The Morgan fingerprint density at radius 3 is 2.73 bits per heavy atom. The van der Waals surface area contributed by atoms with Crippen LogP contribution in [0, 0.1) is 12.8 Å². The molecule has 5 rings (SSSR count). The first kappa shape index (κ1) is 19.1. The third-order valence-corrected chi connectivity index (χ3v) is 5.92. The fourth-order valence-corrected chi connectivity index (χ4v) is 4.01. The number of rotatable bonds is 5. The van der Waals surface area contributed by atoms with Gasteiger partial charge in [0.15, 0.2) is 5.82 Å². The van der Waals surface area contributed by atoms with Crippen molar-refractivity contribution in [1.29, 1.82) is 0 Å². The second-order valence-corrected chi connectivity index (χ2v) is 8.45. The van der Waals surface area contributed by atoms with Crippen LogP contribution in [0.5, 0.6) is 5.75 Å². The fraction of sp³-hybridized carbons (Fsp3) is 0.435. The van der Waals surface area contributed by atoms with Crippen molar-refractivity contribution in [3.05, 3.63) is 42.4 Å². The van der Waals surface area contributed by atoms with E-state index in [-0.39, 0.29) is 24.0 Å². The van der Waals surface area contributed by atoms with Gasteiger partial charge in [-0.2, -0.15) is 5.10 Å². The zero-order valence-corrected chi connectivity index (χ0v) is 17.0. The number of aromatic nitrogens is 3. The number of carbonyl (C=O) groups excluding carboxylic acids is 1. The second-order valence-electron chi connectivity index (χ2n) is 8.45. The lowest BCUT2D eigenvalue weighted by molar-refractivity contribution is -0.117. The second kappa shape index (κ2) is 7.72. The minimum Gasteiger partial charge on any atom is -0.488 e. The number of anilines is 1. The SMILES string of the molecule is Cc1cc(-c2ccn3nc(NC(=O)C4CC4)cc3c2)c(O[C@H]2CC[C@H](O)CC2)cn1. The number of amides is 1. The molecular formula is C23H26N4O3. The number of pyridine rings is 2. The average Bonchev–Trinajstić information content (AvgIpc) is 3.51. The van der Waals surface area contributed by atoms with Gasteiger partial charge in [-0.3, -0.25) is 9.78 Å². The van der Waals surface area contributed by atoms with Gasteiger partial charge in [0.25, 0.3) is 0 Å². The molecule has 2 aliphatic carbocycles. The number of ether oxygens (including phenoxy) is 1. The lowest BCUT2D eigenvalue weighted by Gasteiger charge is -2.27. The Bertz CT molecular complexity index is 1080. The van der Waals surface area contributed by atoms with E-state index in [1.807, 2.05) is 37.4 Å². The maximum atomic E-state index is 12.0. The summed E-state index contributed by atoms with van der Waals surface area (Å²) in [6.45, 7) is 1.97. The number of fused-ring (bicyclic) bond motifs is 1. The predicted molar refractivity (Wildman–Crippen MR) is 113 cm³/mol. The summed E-state index contributed by atoms with van der Waals surface area (Å²) in [4.78, 5) is 16.5. The van der Waals surface area contributed by atoms with Gasteiger partial charge in [0, 0.05) is 29.4 Å². The molecule has 0 aliphatic heterocycles. The first-order valence-corrected chi connectivity index (χ1v) is 10.7. The molecule has 3 heterocycles. The maximum Gasteiger partial charge on any atom is 0.228 e. The Labute approximate surface area is 175 Å². The maximum absolute atomic E-state index is 12.0. The summed E-state index contributed by atoms with van der Waals surface area (Å²) in [5.74, 6) is 1.53. The Balaban J connectivity index is 1.42. The number of aryl methyl sites for hydroxylation is 1. The molecule has 0 spiro atoms.